The number of likely N-dealkylation sites (tertiary alicyclic amines) is 1. The van der Waals surface area contributed by atoms with Crippen LogP contribution in [0.4, 0.5) is 0 Å². The van der Waals surface area contributed by atoms with E-state index in [2.05, 4.69) is 46.6 Å². The summed E-state index contributed by atoms with van der Waals surface area (Å²) >= 11 is 0. The third kappa shape index (κ3) is 3.02. The number of ether oxygens (including phenoxy) is 2. The van der Waals surface area contributed by atoms with Gasteiger partial charge in [-0.25, -0.2) is 9.97 Å². The van der Waals surface area contributed by atoms with Gasteiger partial charge in [0.15, 0.2) is 0 Å². The van der Waals surface area contributed by atoms with Crippen molar-refractivity contribution in [1.82, 2.24) is 19.4 Å². The molecule has 0 saturated carbocycles. The Labute approximate surface area is 171 Å². The number of fused-ring (bicyclic) bond motifs is 3. The molecule has 0 bridgehead atoms. The summed E-state index contributed by atoms with van der Waals surface area (Å²) in [5.74, 6) is 1.84. The summed E-state index contributed by atoms with van der Waals surface area (Å²) in [4.78, 5) is 11.8. The Morgan fingerprint density at radius 3 is 2.86 bits per heavy atom. The molecule has 0 radical (unpaired) electrons. The molecule has 1 fully saturated rings. The van der Waals surface area contributed by atoms with Gasteiger partial charge in [-0.05, 0) is 37.1 Å². The molecule has 0 atom stereocenters. The molecule has 3 aromatic rings. The number of nitrogens with zero attached hydrogens (tertiary/aromatic N) is 4. The van der Waals surface area contributed by atoms with Gasteiger partial charge in [-0.2, -0.15) is 0 Å². The summed E-state index contributed by atoms with van der Waals surface area (Å²) in [5.41, 5.74) is 4.64. The van der Waals surface area contributed by atoms with Gasteiger partial charge in [0, 0.05) is 61.5 Å². The van der Waals surface area contributed by atoms with Crippen LogP contribution in [0.15, 0.2) is 30.6 Å². The van der Waals surface area contributed by atoms with Crippen LogP contribution >= 0.6 is 0 Å². The average Bonchev–Trinajstić information content (AvgIpc) is 3.26. The van der Waals surface area contributed by atoms with E-state index in [1.54, 1.807) is 7.11 Å². The Balaban J connectivity index is 1.35. The van der Waals surface area contributed by atoms with E-state index in [0.29, 0.717) is 6.61 Å². The SMILES string of the molecule is CCCc1ncc2c(n1)COC21CN(Cc2cn(CC)c3ccc(OC)cc23)C1. The Morgan fingerprint density at radius 1 is 1.24 bits per heavy atom. The maximum atomic E-state index is 6.23. The average molecular weight is 393 g/mol. The van der Waals surface area contributed by atoms with Crippen molar-refractivity contribution in [3.63, 3.8) is 0 Å². The molecule has 2 aliphatic rings. The van der Waals surface area contributed by atoms with Crippen molar-refractivity contribution < 1.29 is 9.47 Å². The third-order valence-electron chi connectivity index (χ3n) is 6.23. The zero-order valence-corrected chi connectivity index (χ0v) is 17.4. The number of methoxy groups -OCH3 is 1. The first-order valence-electron chi connectivity index (χ1n) is 10.5. The molecule has 4 heterocycles. The van der Waals surface area contributed by atoms with Crippen LogP contribution in [-0.2, 0) is 36.5 Å². The first-order valence-corrected chi connectivity index (χ1v) is 10.5. The van der Waals surface area contributed by atoms with Crippen LogP contribution in [0.5, 0.6) is 5.75 Å². The fourth-order valence-corrected chi connectivity index (χ4v) is 4.73. The molecule has 1 aromatic carbocycles. The Bertz CT molecular complexity index is 1050. The highest BCUT2D eigenvalue weighted by atomic mass is 16.5. The molecule has 5 rings (SSSR count). The summed E-state index contributed by atoms with van der Waals surface area (Å²) in [6.45, 7) is 8.59. The van der Waals surface area contributed by atoms with Crippen LogP contribution in [0.25, 0.3) is 10.9 Å². The van der Waals surface area contributed by atoms with Gasteiger partial charge in [0.1, 0.15) is 17.2 Å². The second-order valence-electron chi connectivity index (χ2n) is 8.15. The molecule has 6 heteroatoms. The van der Waals surface area contributed by atoms with Gasteiger partial charge in [-0.15, -0.1) is 0 Å². The molecule has 0 aliphatic carbocycles. The predicted molar refractivity (Wildman–Crippen MR) is 112 cm³/mol. The van der Waals surface area contributed by atoms with Crippen molar-refractivity contribution in [2.45, 2.75) is 52.0 Å². The summed E-state index contributed by atoms with van der Waals surface area (Å²) in [6.07, 6.45) is 6.27. The van der Waals surface area contributed by atoms with Crippen LogP contribution in [-0.4, -0.2) is 39.6 Å². The van der Waals surface area contributed by atoms with Crippen molar-refractivity contribution in [1.29, 1.82) is 0 Å². The summed E-state index contributed by atoms with van der Waals surface area (Å²) in [6, 6.07) is 6.34. The zero-order valence-electron chi connectivity index (χ0n) is 17.4. The van der Waals surface area contributed by atoms with E-state index in [4.69, 9.17) is 14.5 Å². The lowest BCUT2D eigenvalue weighted by Gasteiger charge is -2.47. The number of aryl methyl sites for hydroxylation is 2. The molecule has 2 aliphatic heterocycles. The molecule has 0 N–H and O–H groups in total. The second kappa shape index (κ2) is 7.11. The van der Waals surface area contributed by atoms with E-state index in [1.165, 1.54) is 22.0 Å². The zero-order chi connectivity index (χ0) is 20.0. The maximum absolute atomic E-state index is 6.23. The molecule has 2 aromatic heterocycles. The lowest BCUT2D eigenvalue weighted by atomic mass is 9.87. The Kier molecular flexibility index (Phi) is 4.56. The van der Waals surface area contributed by atoms with Crippen molar-refractivity contribution in [2.24, 2.45) is 0 Å². The highest BCUT2D eigenvalue weighted by Gasteiger charge is 2.50. The molecule has 0 amide bonds. The van der Waals surface area contributed by atoms with Gasteiger partial charge < -0.3 is 14.0 Å². The van der Waals surface area contributed by atoms with Crippen molar-refractivity contribution in [3.8, 4) is 5.75 Å². The number of aromatic nitrogens is 3. The van der Waals surface area contributed by atoms with E-state index in [1.807, 2.05) is 12.3 Å². The largest absolute Gasteiger partial charge is 0.497 e. The summed E-state index contributed by atoms with van der Waals surface area (Å²) in [7, 11) is 1.72. The fraction of sp³-hybridized carbons (Fsp3) is 0.478. The molecular weight excluding hydrogens is 364 g/mol. The molecule has 1 saturated heterocycles. The van der Waals surface area contributed by atoms with E-state index < -0.39 is 0 Å². The number of rotatable bonds is 6. The van der Waals surface area contributed by atoms with E-state index in [-0.39, 0.29) is 5.60 Å². The van der Waals surface area contributed by atoms with E-state index in [0.717, 1.165) is 56.3 Å². The minimum atomic E-state index is -0.221. The summed E-state index contributed by atoms with van der Waals surface area (Å²) < 4.78 is 14.0. The lowest BCUT2D eigenvalue weighted by Crippen LogP contribution is -2.58. The van der Waals surface area contributed by atoms with Crippen LogP contribution in [0, 0.1) is 0 Å². The number of hydrogen-bond donors (Lipinski definition) is 0. The molecule has 1 spiro atoms. The van der Waals surface area contributed by atoms with Crippen LogP contribution in [0.1, 0.15) is 42.9 Å². The minimum Gasteiger partial charge on any atom is -0.497 e. The number of hydrogen-bond acceptors (Lipinski definition) is 5. The van der Waals surface area contributed by atoms with Crippen molar-refractivity contribution in [2.75, 3.05) is 20.2 Å². The summed E-state index contributed by atoms with van der Waals surface area (Å²) in [5, 5.41) is 1.27. The van der Waals surface area contributed by atoms with Gasteiger partial charge in [0.05, 0.1) is 19.4 Å². The lowest BCUT2D eigenvalue weighted by molar-refractivity contribution is -0.144. The molecule has 29 heavy (non-hydrogen) atoms. The van der Waals surface area contributed by atoms with E-state index in [9.17, 15) is 0 Å². The Hall–Kier alpha value is -2.44. The molecule has 152 valence electrons. The molecule has 6 nitrogen and oxygen atoms in total. The van der Waals surface area contributed by atoms with Gasteiger partial charge in [-0.1, -0.05) is 6.92 Å². The first kappa shape index (κ1) is 18.6. The van der Waals surface area contributed by atoms with E-state index >= 15 is 0 Å². The topological polar surface area (TPSA) is 52.4 Å². The quantitative estimate of drug-likeness (QED) is 0.641. The normalized spacial score (nSPS) is 17.6. The second-order valence-corrected chi connectivity index (χ2v) is 8.15. The van der Waals surface area contributed by atoms with Gasteiger partial charge >= 0.3 is 0 Å². The van der Waals surface area contributed by atoms with Gasteiger partial charge in [0.2, 0.25) is 0 Å². The standard InChI is InChI=1S/C23H28N4O2/c1-4-6-22-24-10-19-20(25-22)13-29-23(19)14-26(15-23)11-16-12-27(5-2)21-8-7-17(28-3)9-18(16)21/h7-10,12H,4-6,11,13-15H2,1-3H3. The minimum absolute atomic E-state index is 0.221. The van der Waals surface area contributed by atoms with Crippen molar-refractivity contribution in [3.05, 3.63) is 53.2 Å². The predicted octanol–water partition coefficient (Wildman–Crippen LogP) is 3.65. The highest BCUT2D eigenvalue weighted by molar-refractivity contribution is 5.85. The van der Waals surface area contributed by atoms with Gasteiger partial charge in [0.25, 0.3) is 0 Å². The highest BCUT2D eigenvalue weighted by Crippen LogP contribution is 2.43. The van der Waals surface area contributed by atoms with Gasteiger partial charge in [-0.3, -0.25) is 4.90 Å². The molecule has 0 unspecified atom stereocenters. The third-order valence-corrected chi connectivity index (χ3v) is 6.23. The van der Waals surface area contributed by atoms with Crippen molar-refractivity contribution >= 4 is 10.9 Å². The molecular formula is C23H28N4O2. The van der Waals surface area contributed by atoms with Crippen LogP contribution in [0.2, 0.25) is 0 Å². The Morgan fingerprint density at radius 2 is 2.10 bits per heavy atom. The fourth-order valence-electron chi connectivity index (χ4n) is 4.73. The van der Waals surface area contributed by atoms with Crippen LogP contribution in [0.3, 0.4) is 0 Å². The monoisotopic (exact) mass is 392 g/mol. The number of benzene rings is 1. The van der Waals surface area contributed by atoms with Crippen LogP contribution < -0.4 is 4.74 Å². The maximum Gasteiger partial charge on any atom is 0.128 e. The first-order chi connectivity index (χ1) is 14.2. The smallest absolute Gasteiger partial charge is 0.128 e.